The van der Waals surface area contributed by atoms with Gasteiger partial charge in [0.25, 0.3) is 0 Å². The molecule has 2 bridgehead atoms. The molecule has 3 aliphatic carbocycles. The molecule has 1 saturated heterocycles. The number of hydrogen-bond donors (Lipinski definition) is 2. The van der Waals surface area contributed by atoms with Crippen LogP contribution in [0.5, 0.6) is 0 Å². The zero-order chi connectivity index (χ0) is 39.9. The maximum Gasteiger partial charge on any atom is 0.338 e. The molecule has 1 aromatic carbocycles. The highest BCUT2D eigenvalue weighted by atomic mass is 28.4. The highest BCUT2D eigenvalue weighted by Gasteiger charge is 2.78. The third-order valence-corrected chi connectivity index (χ3v) is 18.2. The van der Waals surface area contributed by atoms with E-state index in [9.17, 15) is 24.6 Å². The molecule has 2 saturated carbocycles. The van der Waals surface area contributed by atoms with Crippen LogP contribution in [0, 0.1) is 16.7 Å². The van der Waals surface area contributed by atoms with Crippen molar-refractivity contribution in [1.82, 2.24) is 0 Å². The van der Waals surface area contributed by atoms with Crippen molar-refractivity contribution in [3.63, 3.8) is 0 Å². The van der Waals surface area contributed by atoms with Crippen LogP contribution in [0.3, 0.4) is 0 Å². The summed E-state index contributed by atoms with van der Waals surface area (Å²) in [6.07, 6.45) is -2.26. The van der Waals surface area contributed by atoms with Crippen molar-refractivity contribution in [3.05, 3.63) is 59.7 Å². The van der Waals surface area contributed by atoms with Gasteiger partial charge in [-0.3, -0.25) is 14.4 Å². The molecule has 5 rings (SSSR count). The lowest BCUT2D eigenvalue weighted by Crippen LogP contribution is -2.82. The number of allylic oxidation sites excluding steroid dienone is 1. The molecule has 9 atom stereocenters. The second-order valence-electron chi connectivity index (χ2n) is 16.5. The number of carbonyl (C=O) groups is 4. The van der Waals surface area contributed by atoms with Gasteiger partial charge in [-0.05, 0) is 74.5 Å². The lowest BCUT2D eigenvalue weighted by molar-refractivity contribution is -0.345. The van der Waals surface area contributed by atoms with E-state index < -0.39 is 90.5 Å². The van der Waals surface area contributed by atoms with Crippen molar-refractivity contribution in [2.45, 2.75) is 154 Å². The minimum absolute atomic E-state index is 0.0856. The average Bonchev–Trinajstić information content (AvgIpc) is 3.13. The Balaban J connectivity index is 1.84. The Morgan fingerprint density at radius 3 is 2.24 bits per heavy atom. The summed E-state index contributed by atoms with van der Waals surface area (Å²) in [7, 11) is -2.51. The molecule has 0 amide bonds. The molecule has 0 spiro atoms. The molecule has 54 heavy (non-hydrogen) atoms. The van der Waals surface area contributed by atoms with Gasteiger partial charge in [-0.25, -0.2) is 4.79 Å². The molecule has 12 heteroatoms. The second kappa shape index (κ2) is 15.8. The van der Waals surface area contributed by atoms with Crippen LogP contribution in [-0.2, 0) is 37.8 Å². The molecule has 0 unspecified atom stereocenters. The smallest absolute Gasteiger partial charge is 0.338 e. The van der Waals surface area contributed by atoms with Gasteiger partial charge in [-0.1, -0.05) is 58.9 Å². The van der Waals surface area contributed by atoms with E-state index in [4.69, 9.17) is 23.4 Å². The number of carbonyl (C=O) groups excluding carboxylic acids is 4. The van der Waals surface area contributed by atoms with Crippen LogP contribution in [0.1, 0.15) is 104 Å². The van der Waals surface area contributed by atoms with E-state index in [1.54, 1.807) is 64.1 Å². The summed E-state index contributed by atoms with van der Waals surface area (Å²) in [5, 5.41) is 25.2. The molecule has 298 valence electrons. The molecule has 11 nitrogen and oxygen atoms in total. The first-order valence-electron chi connectivity index (χ1n) is 19.6. The van der Waals surface area contributed by atoms with Crippen molar-refractivity contribution in [2.24, 2.45) is 16.7 Å². The van der Waals surface area contributed by atoms with E-state index in [1.165, 1.54) is 6.92 Å². The summed E-state index contributed by atoms with van der Waals surface area (Å²) in [6, 6.07) is 10.6. The van der Waals surface area contributed by atoms with E-state index in [-0.39, 0.29) is 37.0 Å². The van der Waals surface area contributed by atoms with Crippen molar-refractivity contribution in [1.29, 1.82) is 0 Å². The van der Waals surface area contributed by atoms with Gasteiger partial charge in [-0.15, -0.1) is 6.58 Å². The standard InChI is InChI=1S/C42H60O11Si/c1-10-14-15-19-22-32(45)52-41-25-49-31(41)23-30(53-54(11-2,12-3)13-4)40(9)35(41)37(51-38(47)28-20-17-16-18-21-28)42(48)24-29(44)26(5)33(39(42,7)8)34(36(40)46)50-27(6)43/h10,16-18,20-21,29-31,34-35,37,44,48H,1,11-15,19,22-25H2,2-9H3/t29-,30-,31+,34+,35-,37-,40+,41-,42+/m0/s1. The number of fused-ring (bicyclic) bond motifs is 5. The SMILES string of the molecule is C=CCCCCC(=O)O[C@@]12CO[C@@H]1C[C@H](O[Si](CC)(CC)CC)[C@@]1(C)C(=O)[C@H](OC(C)=O)C3=C(C)[C@@H](O)C[C@@](O)([C@@H](OC(=O)c4ccccc4)[C@H]21)C3(C)C. The molecular formula is C42H60O11Si. The number of hydrogen-bond acceptors (Lipinski definition) is 11. The predicted octanol–water partition coefficient (Wildman–Crippen LogP) is 6.41. The van der Waals surface area contributed by atoms with Crippen LogP contribution < -0.4 is 0 Å². The number of Topliss-reactive ketones (excluding diaryl/α,β-unsaturated/α-hetero) is 1. The Kier molecular flexibility index (Phi) is 12.3. The maximum atomic E-state index is 15.9. The van der Waals surface area contributed by atoms with Crippen LogP contribution in [0.4, 0.5) is 0 Å². The first-order valence-corrected chi connectivity index (χ1v) is 22.2. The van der Waals surface area contributed by atoms with Crippen molar-refractivity contribution in [2.75, 3.05) is 6.61 Å². The number of benzene rings is 1. The summed E-state index contributed by atoms with van der Waals surface area (Å²) < 4.78 is 32.6. The molecule has 2 N–H and O–H groups in total. The quantitative estimate of drug-likeness (QED) is 0.0710. The Labute approximate surface area is 320 Å². The number of esters is 3. The van der Waals surface area contributed by atoms with Crippen LogP contribution in [0.2, 0.25) is 18.1 Å². The third-order valence-electron chi connectivity index (χ3n) is 13.5. The highest BCUT2D eigenvalue weighted by Crippen LogP contribution is 2.65. The van der Waals surface area contributed by atoms with E-state index in [0.717, 1.165) is 31.0 Å². The molecule has 0 aromatic heterocycles. The van der Waals surface area contributed by atoms with Gasteiger partial charge in [-0.2, -0.15) is 0 Å². The van der Waals surface area contributed by atoms with Gasteiger partial charge in [0.2, 0.25) is 0 Å². The van der Waals surface area contributed by atoms with Crippen molar-refractivity contribution < 1.29 is 52.8 Å². The zero-order valence-electron chi connectivity index (χ0n) is 33.3. The Morgan fingerprint density at radius 2 is 1.69 bits per heavy atom. The largest absolute Gasteiger partial charge is 0.455 e. The van der Waals surface area contributed by atoms with Gasteiger partial charge in [0, 0.05) is 31.6 Å². The first kappa shape index (κ1) is 42.0. The van der Waals surface area contributed by atoms with Crippen molar-refractivity contribution >= 4 is 32.0 Å². The summed E-state index contributed by atoms with van der Waals surface area (Å²) in [4.78, 5) is 57.0. The van der Waals surface area contributed by atoms with Gasteiger partial charge in [0.15, 0.2) is 25.8 Å². The fourth-order valence-corrected chi connectivity index (χ4v) is 12.9. The molecule has 3 fully saturated rings. The normalized spacial score (nSPS) is 34.3. The zero-order valence-corrected chi connectivity index (χ0v) is 34.3. The minimum Gasteiger partial charge on any atom is -0.455 e. The molecule has 1 aliphatic heterocycles. The Hall–Kier alpha value is -3.16. The minimum atomic E-state index is -2.51. The van der Waals surface area contributed by atoms with E-state index in [1.807, 2.05) is 0 Å². The average molecular weight is 769 g/mol. The molecule has 0 radical (unpaired) electrons. The predicted molar refractivity (Wildman–Crippen MR) is 204 cm³/mol. The van der Waals surface area contributed by atoms with E-state index in [0.29, 0.717) is 12.0 Å². The summed E-state index contributed by atoms with van der Waals surface area (Å²) in [5.74, 6) is -3.79. The van der Waals surface area contributed by atoms with Gasteiger partial charge >= 0.3 is 17.9 Å². The lowest BCUT2D eigenvalue weighted by atomic mass is 9.44. The van der Waals surface area contributed by atoms with Gasteiger partial charge < -0.3 is 33.6 Å². The maximum absolute atomic E-state index is 15.9. The topological polar surface area (TPSA) is 155 Å². The number of aliphatic hydroxyl groups excluding tert-OH is 1. The van der Waals surface area contributed by atoms with Crippen LogP contribution >= 0.6 is 0 Å². The highest BCUT2D eigenvalue weighted by molar-refractivity contribution is 6.73. The van der Waals surface area contributed by atoms with Crippen molar-refractivity contribution in [3.8, 4) is 0 Å². The second-order valence-corrected chi connectivity index (χ2v) is 21.2. The Morgan fingerprint density at radius 1 is 1.04 bits per heavy atom. The fourth-order valence-electron chi connectivity index (χ4n) is 9.91. The Bertz CT molecular complexity index is 1630. The van der Waals surface area contributed by atoms with Crippen LogP contribution in [-0.4, -0.2) is 90.6 Å². The van der Waals surface area contributed by atoms with E-state index >= 15 is 4.79 Å². The fraction of sp³-hybridized carbons (Fsp3) is 0.667. The number of unbranched alkanes of at least 4 members (excludes halogenated alkanes) is 2. The summed E-state index contributed by atoms with van der Waals surface area (Å²) >= 11 is 0. The van der Waals surface area contributed by atoms with Crippen LogP contribution in [0.15, 0.2) is 54.1 Å². The van der Waals surface area contributed by atoms with Crippen LogP contribution in [0.25, 0.3) is 0 Å². The van der Waals surface area contributed by atoms with Gasteiger partial charge in [0.1, 0.15) is 17.8 Å². The summed E-state index contributed by atoms with van der Waals surface area (Å²) in [6.45, 7) is 17.9. The third kappa shape index (κ3) is 6.84. The number of rotatable bonds is 14. The number of aliphatic hydroxyl groups is 2. The molecule has 4 aliphatic rings. The first-order chi connectivity index (χ1) is 25.4. The number of ether oxygens (including phenoxy) is 4. The monoisotopic (exact) mass is 768 g/mol. The molecule has 1 aromatic rings. The molecule has 1 heterocycles. The number of ketones is 1. The van der Waals surface area contributed by atoms with Gasteiger partial charge in [0.05, 0.1) is 35.7 Å². The summed E-state index contributed by atoms with van der Waals surface area (Å²) in [5.41, 5.74) is -5.90. The molecular weight excluding hydrogens is 709 g/mol. The lowest BCUT2D eigenvalue weighted by Gasteiger charge is -2.68. The van der Waals surface area contributed by atoms with E-state index in [2.05, 4.69) is 27.4 Å².